The van der Waals surface area contributed by atoms with Crippen molar-refractivity contribution in [3.05, 3.63) is 0 Å². The number of ether oxygens (including phenoxy) is 1. The number of likely N-dealkylation sites (tertiary alicyclic amines) is 1. The lowest BCUT2D eigenvalue weighted by Crippen LogP contribution is -2.46. The van der Waals surface area contributed by atoms with Gasteiger partial charge in [0.1, 0.15) is 0 Å². The third-order valence-electron chi connectivity index (χ3n) is 4.24. The average Bonchev–Trinajstić information content (AvgIpc) is 2.92. The Hall–Kier alpha value is -0.0800. The van der Waals surface area contributed by atoms with Gasteiger partial charge >= 0.3 is 0 Å². The molecule has 0 aromatic rings. The van der Waals surface area contributed by atoms with Gasteiger partial charge in [-0.1, -0.05) is 6.92 Å². The molecule has 0 bridgehead atoms. The predicted octanol–water partition coefficient (Wildman–Crippen LogP) is 1.29. The van der Waals surface area contributed by atoms with E-state index in [4.69, 9.17) is 4.74 Å². The van der Waals surface area contributed by atoms with Gasteiger partial charge in [0.05, 0.1) is 6.61 Å². The normalized spacial score (nSPS) is 29.9. The van der Waals surface area contributed by atoms with E-state index in [1.165, 1.54) is 25.8 Å². The fraction of sp³-hybridized carbons (Fsp3) is 0.929. The average molecular weight is 396 g/mol. The number of hydrogen-bond donors (Lipinski definition) is 2. The van der Waals surface area contributed by atoms with E-state index in [1.807, 2.05) is 7.05 Å². The molecule has 5 nitrogen and oxygen atoms in total. The maximum Gasteiger partial charge on any atom is 0.191 e. The molecule has 2 rings (SSSR count). The molecule has 2 N–H and O–H groups in total. The first-order valence-electron chi connectivity index (χ1n) is 7.44. The van der Waals surface area contributed by atoms with Gasteiger partial charge in [0.15, 0.2) is 5.96 Å². The lowest BCUT2D eigenvalue weighted by molar-refractivity contribution is 0.141. The van der Waals surface area contributed by atoms with E-state index in [9.17, 15) is 0 Å². The predicted molar refractivity (Wildman–Crippen MR) is 94.0 cm³/mol. The third-order valence-corrected chi connectivity index (χ3v) is 4.24. The Morgan fingerprint density at radius 1 is 1.45 bits per heavy atom. The van der Waals surface area contributed by atoms with Crippen LogP contribution in [0.15, 0.2) is 4.99 Å². The molecule has 3 unspecified atom stereocenters. The fourth-order valence-corrected chi connectivity index (χ4v) is 2.74. The summed E-state index contributed by atoms with van der Waals surface area (Å²) in [7, 11) is 3.62. The summed E-state index contributed by atoms with van der Waals surface area (Å²) in [5.74, 6) is 1.75. The van der Waals surface area contributed by atoms with Crippen LogP contribution in [0.5, 0.6) is 0 Å². The quantitative estimate of drug-likeness (QED) is 0.404. The largest absolute Gasteiger partial charge is 0.383 e. The van der Waals surface area contributed by atoms with Gasteiger partial charge < -0.3 is 15.4 Å². The highest BCUT2D eigenvalue weighted by molar-refractivity contribution is 14.0. The van der Waals surface area contributed by atoms with Crippen molar-refractivity contribution in [2.24, 2.45) is 10.9 Å². The zero-order valence-corrected chi connectivity index (χ0v) is 15.2. The molecule has 118 valence electrons. The smallest absolute Gasteiger partial charge is 0.191 e. The Labute approximate surface area is 139 Å². The number of halogens is 1. The van der Waals surface area contributed by atoms with E-state index in [0.29, 0.717) is 12.1 Å². The molecule has 1 heterocycles. The standard InChI is InChI=1S/C14H28N4O.HI/c1-11-9-13(11)17-14(15-2)16-10-12-5-4-6-18(12)7-8-19-3;/h11-13H,4-10H2,1-3H3,(H2,15,16,17);1H. The van der Waals surface area contributed by atoms with Crippen molar-refractivity contribution in [1.29, 1.82) is 0 Å². The molecule has 0 amide bonds. The maximum atomic E-state index is 5.17. The zero-order valence-electron chi connectivity index (χ0n) is 12.9. The minimum Gasteiger partial charge on any atom is -0.383 e. The van der Waals surface area contributed by atoms with Crippen LogP contribution in [0.3, 0.4) is 0 Å². The topological polar surface area (TPSA) is 48.9 Å². The first-order chi connectivity index (χ1) is 9.24. The highest BCUT2D eigenvalue weighted by Crippen LogP contribution is 2.28. The van der Waals surface area contributed by atoms with Crippen LogP contribution in [-0.2, 0) is 4.74 Å². The number of guanidine groups is 1. The molecule has 0 aromatic heterocycles. The van der Waals surface area contributed by atoms with Crippen molar-refractivity contribution in [3.63, 3.8) is 0 Å². The molecular formula is C14H29IN4O. The van der Waals surface area contributed by atoms with Crippen LogP contribution >= 0.6 is 24.0 Å². The summed E-state index contributed by atoms with van der Waals surface area (Å²) in [6.45, 7) is 6.30. The summed E-state index contributed by atoms with van der Waals surface area (Å²) >= 11 is 0. The molecule has 1 aliphatic heterocycles. The van der Waals surface area contributed by atoms with Crippen molar-refractivity contribution in [2.45, 2.75) is 38.3 Å². The van der Waals surface area contributed by atoms with Gasteiger partial charge in [0.25, 0.3) is 0 Å². The van der Waals surface area contributed by atoms with Crippen LogP contribution in [0.1, 0.15) is 26.2 Å². The molecule has 0 spiro atoms. The Kier molecular flexibility index (Phi) is 8.13. The number of methoxy groups -OCH3 is 1. The molecule has 1 aliphatic carbocycles. The fourth-order valence-electron chi connectivity index (χ4n) is 2.74. The van der Waals surface area contributed by atoms with Crippen LogP contribution in [0.25, 0.3) is 0 Å². The van der Waals surface area contributed by atoms with Gasteiger partial charge in [-0.15, -0.1) is 24.0 Å². The van der Waals surface area contributed by atoms with Gasteiger partial charge in [-0.2, -0.15) is 0 Å². The van der Waals surface area contributed by atoms with Crippen molar-refractivity contribution < 1.29 is 4.74 Å². The highest BCUT2D eigenvalue weighted by Gasteiger charge is 2.33. The van der Waals surface area contributed by atoms with Gasteiger partial charge in [-0.05, 0) is 31.7 Å². The van der Waals surface area contributed by atoms with Gasteiger partial charge in [0, 0.05) is 39.3 Å². The van der Waals surface area contributed by atoms with E-state index in [0.717, 1.165) is 31.6 Å². The Morgan fingerprint density at radius 3 is 2.80 bits per heavy atom. The monoisotopic (exact) mass is 396 g/mol. The molecule has 2 aliphatic rings. The first-order valence-corrected chi connectivity index (χ1v) is 7.44. The number of hydrogen-bond acceptors (Lipinski definition) is 3. The molecule has 0 radical (unpaired) electrons. The minimum atomic E-state index is 0. The van der Waals surface area contributed by atoms with Crippen molar-refractivity contribution in [2.75, 3.05) is 40.4 Å². The number of aliphatic imine (C=N–C) groups is 1. The lowest BCUT2D eigenvalue weighted by Gasteiger charge is -2.25. The molecule has 20 heavy (non-hydrogen) atoms. The summed E-state index contributed by atoms with van der Waals surface area (Å²) < 4.78 is 5.17. The number of rotatable bonds is 6. The second-order valence-electron chi connectivity index (χ2n) is 5.74. The highest BCUT2D eigenvalue weighted by atomic mass is 127. The number of nitrogens with one attached hydrogen (secondary N) is 2. The molecule has 1 saturated carbocycles. The molecule has 1 saturated heterocycles. The van der Waals surface area contributed by atoms with Crippen LogP contribution in [0, 0.1) is 5.92 Å². The summed E-state index contributed by atoms with van der Waals surface area (Å²) in [6, 6.07) is 1.24. The van der Waals surface area contributed by atoms with E-state index in [2.05, 4.69) is 27.4 Å². The first kappa shape index (κ1) is 18.0. The Morgan fingerprint density at radius 2 is 2.20 bits per heavy atom. The van der Waals surface area contributed by atoms with Crippen molar-refractivity contribution >= 4 is 29.9 Å². The SMILES string of the molecule is CN=C(NCC1CCCN1CCOC)NC1CC1C.I. The maximum absolute atomic E-state index is 5.17. The summed E-state index contributed by atoms with van der Waals surface area (Å²) in [4.78, 5) is 6.82. The lowest BCUT2D eigenvalue weighted by atomic mass is 10.2. The molecule has 6 heteroatoms. The van der Waals surface area contributed by atoms with E-state index < -0.39 is 0 Å². The molecule has 0 aromatic carbocycles. The summed E-state index contributed by atoms with van der Waals surface area (Å²) in [5.41, 5.74) is 0. The van der Waals surface area contributed by atoms with Gasteiger partial charge in [0.2, 0.25) is 0 Å². The number of nitrogens with zero attached hydrogens (tertiary/aromatic N) is 2. The third kappa shape index (κ3) is 5.37. The van der Waals surface area contributed by atoms with Crippen LogP contribution in [0.2, 0.25) is 0 Å². The second kappa shape index (κ2) is 9.04. The van der Waals surface area contributed by atoms with E-state index >= 15 is 0 Å². The summed E-state index contributed by atoms with van der Waals surface area (Å²) in [6.07, 6.45) is 3.83. The van der Waals surface area contributed by atoms with Crippen molar-refractivity contribution in [1.82, 2.24) is 15.5 Å². The molecule has 3 atom stereocenters. The zero-order chi connectivity index (χ0) is 13.7. The Balaban J connectivity index is 0.00000200. The van der Waals surface area contributed by atoms with E-state index in [1.54, 1.807) is 7.11 Å². The van der Waals surface area contributed by atoms with Gasteiger partial charge in [-0.25, -0.2) is 0 Å². The molecule has 2 fully saturated rings. The van der Waals surface area contributed by atoms with E-state index in [-0.39, 0.29) is 24.0 Å². The second-order valence-corrected chi connectivity index (χ2v) is 5.74. The van der Waals surface area contributed by atoms with Crippen LogP contribution in [0.4, 0.5) is 0 Å². The van der Waals surface area contributed by atoms with Crippen LogP contribution in [-0.4, -0.2) is 63.3 Å². The van der Waals surface area contributed by atoms with Gasteiger partial charge in [-0.3, -0.25) is 9.89 Å². The molecular weight excluding hydrogens is 367 g/mol. The summed E-state index contributed by atoms with van der Waals surface area (Å²) in [5, 5.41) is 6.93. The minimum absolute atomic E-state index is 0. The Bertz CT molecular complexity index is 314. The van der Waals surface area contributed by atoms with Crippen molar-refractivity contribution in [3.8, 4) is 0 Å². The van der Waals surface area contributed by atoms with Crippen LogP contribution < -0.4 is 10.6 Å².